The smallest absolute Gasteiger partial charge is 0.310 e. The Kier molecular flexibility index (Phi) is 6.62. The molecule has 0 aromatic heterocycles. The number of aliphatic hydroxyl groups is 1. The molecule has 1 aromatic carbocycles. The van der Waals surface area contributed by atoms with Crippen molar-refractivity contribution < 1.29 is 24.2 Å². The highest BCUT2D eigenvalue weighted by molar-refractivity contribution is 9.09. The predicted octanol–water partition coefficient (Wildman–Crippen LogP) is 2.65. The maximum atomic E-state index is 13.7. The zero-order chi connectivity index (χ0) is 23.2. The first-order valence-corrected chi connectivity index (χ1v) is 12.8. The first-order valence-electron chi connectivity index (χ1n) is 11.0. The number of aryl methyl sites for hydroxylation is 2. The fourth-order valence-corrected chi connectivity index (χ4v) is 9.09. The summed E-state index contributed by atoms with van der Waals surface area (Å²) in [6, 6.07) is 5.14. The van der Waals surface area contributed by atoms with E-state index >= 15 is 0 Å². The molecule has 3 aliphatic rings. The minimum atomic E-state index is -0.721. The number of hydrogen-bond donors (Lipinski definition) is 2. The molecule has 1 aromatic rings. The first kappa shape index (κ1) is 23.6. The Morgan fingerprint density at radius 2 is 2.12 bits per heavy atom. The van der Waals surface area contributed by atoms with E-state index in [1.54, 1.807) is 23.6 Å². The molecule has 3 fully saturated rings. The van der Waals surface area contributed by atoms with Gasteiger partial charge in [0.2, 0.25) is 11.8 Å². The lowest BCUT2D eigenvalue weighted by Crippen LogP contribution is -2.52. The van der Waals surface area contributed by atoms with Crippen molar-refractivity contribution in [2.24, 2.45) is 11.8 Å². The molecule has 1 spiro atoms. The fourth-order valence-electron chi connectivity index (χ4n) is 5.49. The van der Waals surface area contributed by atoms with Crippen LogP contribution in [0.3, 0.4) is 0 Å². The molecule has 32 heavy (non-hydrogen) atoms. The topological polar surface area (TPSA) is 95.9 Å². The molecule has 2 bridgehead atoms. The lowest BCUT2D eigenvalue weighted by atomic mass is 9.71. The number of nitrogens with one attached hydrogen (secondary N) is 1. The number of anilines is 1. The summed E-state index contributed by atoms with van der Waals surface area (Å²) >= 11 is 5.30. The second-order valence-corrected chi connectivity index (χ2v) is 11.5. The number of fused-ring (bicyclic) bond motifs is 1. The van der Waals surface area contributed by atoms with E-state index in [2.05, 4.69) is 21.2 Å². The van der Waals surface area contributed by atoms with Gasteiger partial charge in [-0.2, -0.15) is 0 Å². The summed E-state index contributed by atoms with van der Waals surface area (Å²) in [7, 11) is 0. The van der Waals surface area contributed by atoms with Crippen molar-refractivity contribution in [3.05, 3.63) is 29.3 Å². The number of likely N-dealkylation sites (tertiary alicyclic amines) is 1. The molecule has 174 valence electrons. The normalized spacial score (nSPS) is 32.8. The van der Waals surface area contributed by atoms with Crippen LogP contribution >= 0.6 is 27.7 Å². The third kappa shape index (κ3) is 3.66. The molecule has 4 rings (SSSR count). The number of alkyl halides is 1. The average Bonchev–Trinajstić information content (AvgIpc) is 3.32. The third-order valence-corrected chi connectivity index (χ3v) is 10.0. The van der Waals surface area contributed by atoms with Crippen molar-refractivity contribution in [2.45, 2.75) is 54.5 Å². The number of carbonyl (C=O) groups is 3. The molecule has 7 nitrogen and oxygen atoms in total. The van der Waals surface area contributed by atoms with Gasteiger partial charge < -0.3 is 20.1 Å². The van der Waals surface area contributed by atoms with Crippen LogP contribution in [0, 0.1) is 25.7 Å². The van der Waals surface area contributed by atoms with Gasteiger partial charge in [0.05, 0.1) is 23.2 Å². The van der Waals surface area contributed by atoms with E-state index in [9.17, 15) is 19.5 Å². The maximum Gasteiger partial charge on any atom is 0.310 e. The van der Waals surface area contributed by atoms with Crippen molar-refractivity contribution in [3.8, 4) is 0 Å². The van der Waals surface area contributed by atoms with Crippen LogP contribution in [0.15, 0.2) is 18.2 Å². The van der Waals surface area contributed by atoms with Crippen LogP contribution in [0.5, 0.6) is 0 Å². The fraction of sp³-hybridized carbons (Fsp3) is 0.609. The van der Waals surface area contributed by atoms with E-state index in [0.29, 0.717) is 12.8 Å². The van der Waals surface area contributed by atoms with Crippen molar-refractivity contribution in [2.75, 3.05) is 25.1 Å². The number of rotatable bonds is 7. The zero-order valence-electron chi connectivity index (χ0n) is 18.5. The standard InChI is InChI=1S/C23H29BrN2O5S/c1-4-31-22(30)16-17-21(29)26(8-5-9-27)19(23(17)11-14(24)18(16)32-23)20(28)25-15-10-12(2)6-7-13(15)3/h6-7,10,14,16-19,27H,4-5,8-9,11H2,1-3H3,(H,25,28)/t14?,16-,17-,18-,19?,23?/m0/s1. The number of halogens is 1. The highest BCUT2D eigenvalue weighted by Gasteiger charge is 2.75. The number of benzene rings is 1. The summed E-state index contributed by atoms with van der Waals surface area (Å²) in [5.41, 5.74) is 2.69. The Labute approximate surface area is 200 Å². The van der Waals surface area contributed by atoms with Crippen molar-refractivity contribution in [3.63, 3.8) is 0 Å². The molecule has 0 radical (unpaired) electrons. The van der Waals surface area contributed by atoms with Gasteiger partial charge in [-0.05, 0) is 50.8 Å². The van der Waals surface area contributed by atoms with Crippen molar-refractivity contribution in [1.82, 2.24) is 4.90 Å². The molecule has 9 heteroatoms. The molecule has 3 unspecified atom stereocenters. The number of ether oxygens (including phenoxy) is 1. The van der Waals surface area contributed by atoms with E-state index in [1.165, 1.54) is 0 Å². The summed E-state index contributed by atoms with van der Waals surface area (Å²) in [4.78, 5) is 41.8. The first-order chi connectivity index (χ1) is 15.2. The van der Waals surface area contributed by atoms with Gasteiger partial charge in [-0.3, -0.25) is 14.4 Å². The van der Waals surface area contributed by atoms with Crippen LogP contribution in [0.4, 0.5) is 5.69 Å². The monoisotopic (exact) mass is 524 g/mol. The van der Waals surface area contributed by atoms with Gasteiger partial charge >= 0.3 is 5.97 Å². The van der Waals surface area contributed by atoms with Gasteiger partial charge in [0.25, 0.3) is 0 Å². The zero-order valence-corrected chi connectivity index (χ0v) is 20.9. The van der Waals surface area contributed by atoms with Gasteiger partial charge in [-0.1, -0.05) is 28.1 Å². The van der Waals surface area contributed by atoms with Crippen LogP contribution in [0.1, 0.15) is 30.9 Å². The predicted molar refractivity (Wildman–Crippen MR) is 127 cm³/mol. The van der Waals surface area contributed by atoms with Crippen LogP contribution in [0.2, 0.25) is 0 Å². The SMILES string of the molecule is CCOC(=O)[C@H]1[C@H]2C(=O)N(CCCO)C(C(=O)Nc3cc(C)ccc3C)C23CC(Br)[C@@H]1S3. The van der Waals surface area contributed by atoms with Gasteiger partial charge in [0.15, 0.2) is 0 Å². The van der Waals surface area contributed by atoms with Crippen LogP contribution in [-0.2, 0) is 19.1 Å². The summed E-state index contributed by atoms with van der Waals surface area (Å²) in [6.07, 6.45) is 0.993. The molecule has 2 amide bonds. The molecule has 3 saturated heterocycles. The average molecular weight is 525 g/mol. The van der Waals surface area contributed by atoms with Gasteiger partial charge in [-0.25, -0.2) is 0 Å². The Balaban J connectivity index is 1.72. The minimum absolute atomic E-state index is 0.0137. The molecule has 0 aliphatic carbocycles. The molecule has 2 N–H and O–H groups in total. The number of amides is 2. The van der Waals surface area contributed by atoms with Gasteiger partial charge in [0.1, 0.15) is 6.04 Å². The molecule has 6 atom stereocenters. The number of nitrogens with zero attached hydrogens (tertiary/aromatic N) is 1. The van der Waals surface area contributed by atoms with Crippen molar-refractivity contribution in [1.29, 1.82) is 0 Å². The van der Waals surface area contributed by atoms with Crippen LogP contribution in [-0.4, -0.2) is 68.4 Å². The Hall–Kier alpha value is -1.58. The molecular weight excluding hydrogens is 496 g/mol. The second-order valence-electron chi connectivity index (χ2n) is 8.83. The summed E-state index contributed by atoms with van der Waals surface area (Å²) in [5, 5.41) is 12.3. The number of esters is 1. The lowest BCUT2D eigenvalue weighted by Gasteiger charge is -2.35. The molecule has 3 heterocycles. The van der Waals surface area contributed by atoms with Crippen LogP contribution < -0.4 is 5.32 Å². The minimum Gasteiger partial charge on any atom is -0.466 e. The highest BCUT2D eigenvalue weighted by atomic mass is 79.9. The maximum absolute atomic E-state index is 13.7. The van der Waals surface area contributed by atoms with Gasteiger partial charge in [0, 0.05) is 28.9 Å². The van der Waals surface area contributed by atoms with E-state index in [0.717, 1.165) is 16.8 Å². The van der Waals surface area contributed by atoms with E-state index in [1.807, 2.05) is 32.0 Å². The van der Waals surface area contributed by atoms with Crippen molar-refractivity contribution >= 4 is 51.2 Å². The second kappa shape index (κ2) is 8.99. The van der Waals surface area contributed by atoms with Crippen LogP contribution in [0.25, 0.3) is 0 Å². The van der Waals surface area contributed by atoms with E-state index in [-0.39, 0.29) is 47.6 Å². The Bertz CT molecular complexity index is 943. The largest absolute Gasteiger partial charge is 0.466 e. The molecule has 0 saturated carbocycles. The quantitative estimate of drug-likeness (QED) is 0.420. The highest BCUT2D eigenvalue weighted by Crippen LogP contribution is 2.67. The summed E-state index contributed by atoms with van der Waals surface area (Å²) in [6.45, 7) is 6.09. The Morgan fingerprint density at radius 1 is 1.38 bits per heavy atom. The molecular formula is C23H29BrN2O5S. The van der Waals surface area contributed by atoms with Gasteiger partial charge in [-0.15, -0.1) is 11.8 Å². The van der Waals surface area contributed by atoms with E-state index in [4.69, 9.17) is 4.74 Å². The lowest BCUT2D eigenvalue weighted by molar-refractivity contribution is -0.153. The molecule has 3 aliphatic heterocycles. The number of aliphatic hydroxyl groups excluding tert-OH is 1. The summed E-state index contributed by atoms with van der Waals surface area (Å²) in [5.74, 6) is -1.98. The Morgan fingerprint density at radius 3 is 2.81 bits per heavy atom. The number of hydrogen-bond acceptors (Lipinski definition) is 6. The number of thioether (sulfide) groups is 1. The van der Waals surface area contributed by atoms with E-state index < -0.39 is 22.6 Å². The summed E-state index contributed by atoms with van der Waals surface area (Å²) < 4.78 is 4.63. The number of carbonyl (C=O) groups excluding carboxylic acids is 3. The third-order valence-electron chi connectivity index (χ3n) is 6.80.